The molecule has 4 rings (SSSR count). The fourth-order valence-corrected chi connectivity index (χ4v) is 5.08. The first-order valence-corrected chi connectivity index (χ1v) is 12.3. The molecule has 0 bridgehead atoms. The van der Waals surface area contributed by atoms with Gasteiger partial charge in [0.05, 0.1) is 29.4 Å². The molecule has 3 N–H and O–H groups in total. The maximum atomic E-state index is 13.2. The molecule has 1 saturated heterocycles. The van der Waals surface area contributed by atoms with Crippen molar-refractivity contribution in [2.75, 3.05) is 22.7 Å². The zero-order valence-corrected chi connectivity index (χ0v) is 19.7. The Morgan fingerprint density at radius 1 is 1.17 bits per heavy atom. The molecule has 0 aromatic heterocycles. The van der Waals surface area contributed by atoms with Gasteiger partial charge in [0, 0.05) is 19.5 Å². The van der Waals surface area contributed by atoms with Gasteiger partial charge in [-0.2, -0.15) is 5.26 Å². The van der Waals surface area contributed by atoms with Crippen LogP contribution in [0.1, 0.15) is 30.4 Å². The van der Waals surface area contributed by atoms with E-state index >= 15 is 0 Å². The number of nitrogens with one attached hydrogen (secondary N) is 2. The molecular formula is C24H25N5O5S. The summed E-state index contributed by atoms with van der Waals surface area (Å²) in [6, 6.07) is 13.2. The van der Waals surface area contributed by atoms with Crippen LogP contribution in [0.15, 0.2) is 48.5 Å². The summed E-state index contributed by atoms with van der Waals surface area (Å²) in [5.74, 6) is -1.40. The lowest BCUT2D eigenvalue weighted by atomic mass is 10.0. The van der Waals surface area contributed by atoms with Crippen LogP contribution < -0.4 is 14.9 Å². The molecule has 35 heavy (non-hydrogen) atoms. The van der Waals surface area contributed by atoms with E-state index in [-0.39, 0.29) is 12.3 Å². The number of nitriles is 1. The average molecular weight is 496 g/mol. The van der Waals surface area contributed by atoms with Crippen molar-refractivity contribution in [3.63, 3.8) is 0 Å². The van der Waals surface area contributed by atoms with Crippen LogP contribution in [0.3, 0.4) is 0 Å². The molecule has 0 spiro atoms. The Hall–Kier alpha value is -3.75. The second kappa shape index (κ2) is 10.7. The van der Waals surface area contributed by atoms with E-state index in [1.54, 1.807) is 53.4 Å². The molecule has 2 heterocycles. The van der Waals surface area contributed by atoms with Gasteiger partial charge in [-0.25, -0.2) is 4.21 Å². The number of nitrogens with zero attached hydrogens (tertiary/aromatic N) is 3. The number of amides is 3. The van der Waals surface area contributed by atoms with E-state index in [2.05, 4.69) is 10.6 Å². The van der Waals surface area contributed by atoms with E-state index in [9.17, 15) is 23.1 Å². The SMILES string of the molecule is N#Cc1ccc(CC(NC(=O)CC2C(=O)Nc3ccccc3N2S(=O)O)C(=O)N2CCCC2)cc1. The first-order chi connectivity index (χ1) is 16.9. The Bertz CT molecular complexity index is 1190. The van der Waals surface area contributed by atoms with Gasteiger partial charge in [0.1, 0.15) is 12.1 Å². The van der Waals surface area contributed by atoms with Crippen LogP contribution in [0.2, 0.25) is 0 Å². The molecule has 2 aliphatic heterocycles. The molecule has 2 aromatic carbocycles. The van der Waals surface area contributed by atoms with Gasteiger partial charge in [0.25, 0.3) is 11.3 Å². The summed E-state index contributed by atoms with van der Waals surface area (Å²) in [6.45, 7) is 1.22. The van der Waals surface area contributed by atoms with Crippen molar-refractivity contribution in [2.45, 2.75) is 37.8 Å². The predicted molar refractivity (Wildman–Crippen MR) is 129 cm³/mol. The number of fused-ring (bicyclic) bond motifs is 1. The van der Waals surface area contributed by atoms with Gasteiger partial charge in [-0.05, 0) is 42.7 Å². The molecule has 2 aromatic rings. The second-order valence-corrected chi connectivity index (χ2v) is 9.30. The van der Waals surface area contributed by atoms with E-state index in [1.807, 2.05) is 6.07 Å². The summed E-state index contributed by atoms with van der Waals surface area (Å²) < 4.78 is 23.0. The van der Waals surface area contributed by atoms with Crippen molar-refractivity contribution < 1.29 is 23.1 Å². The Morgan fingerprint density at radius 2 is 1.86 bits per heavy atom. The molecule has 0 radical (unpaired) electrons. The molecule has 11 heteroatoms. The van der Waals surface area contributed by atoms with Crippen molar-refractivity contribution in [3.05, 3.63) is 59.7 Å². The van der Waals surface area contributed by atoms with Gasteiger partial charge >= 0.3 is 0 Å². The lowest BCUT2D eigenvalue weighted by Crippen LogP contribution is -2.53. The quantitative estimate of drug-likeness (QED) is 0.498. The topological polar surface area (TPSA) is 143 Å². The zero-order valence-electron chi connectivity index (χ0n) is 18.8. The molecule has 2 aliphatic rings. The number of hydrogen-bond acceptors (Lipinski definition) is 5. The number of anilines is 2. The Balaban J connectivity index is 1.52. The first kappa shape index (κ1) is 24.4. The zero-order chi connectivity index (χ0) is 24.9. The smallest absolute Gasteiger partial charge is 0.262 e. The van der Waals surface area contributed by atoms with Crippen LogP contribution in [-0.2, 0) is 32.1 Å². The normalized spacial score (nSPS) is 18.7. The molecule has 0 aliphatic carbocycles. The third-order valence-corrected chi connectivity index (χ3v) is 6.89. The number of carbonyl (C=O) groups is 3. The molecule has 0 saturated carbocycles. The Kier molecular flexibility index (Phi) is 7.43. The minimum Gasteiger partial charge on any atom is -0.344 e. The highest BCUT2D eigenvalue weighted by molar-refractivity contribution is 7.80. The number of hydrogen-bond donors (Lipinski definition) is 3. The van der Waals surface area contributed by atoms with Crippen molar-refractivity contribution in [1.29, 1.82) is 5.26 Å². The van der Waals surface area contributed by atoms with E-state index in [0.717, 1.165) is 22.7 Å². The highest BCUT2D eigenvalue weighted by atomic mass is 32.2. The van der Waals surface area contributed by atoms with Crippen LogP contribution in [0.5, 0.6) is 0 Å². The highest BCUT2D eigenvalue weighted by Crippen LogP contribution is 2.33. The number of benzene rings is 2. The third-order valence-electron chi connectivity index (χ3n) is 6.11. The molecule has 10 nitrogen and oxygen atoms in total. The first-order valence-electron chi connectivity index (χ1n) is 11.2. The highest BCUT2D eigenvalue weighted by Gasteiger charge is 2.38. The second-order valence-electron chi connectivity index (χ2n) is 8.45. The van der Waals surface area contributed by atoms with Gasteiger partial charge in [0.15, 0.2) is 0 Å². The van der Waals surface area contributed by atoms with Crippen LogP contribution >= 0.6 is 0 Å². The summed E-state index contributed by atoms with van der Waals surface area (Å²) in [4.78, 5) is 40.6. The lowest BCUT2D eigenvalue weighted by molar-refractivity contribution is -0.135. The number of para-hydroxylation sites is 2. The molecule has 1 fully saturated rings. The lowest BCUT2D eigenvalue weighted by Gasteiger charge is -2.34. The van der Waals surface area contributed by atoms with Gasteiger partial charge in [-0.1, -0.05) is 24.3 Å². The monoisotopic (exact) mass is 495 g/mol. The van der Waals surface area contributed by atoms with Crippen molar-refractivity contribution in [2.24, 2.45) is 0 Å². The molecule has 3 unspecified atom stereocenters. The number of carbonyl (C=O) groups excluding carboxylic acids is 3. The van der Waals surface area contributed by atoms with Gasteiger partial charge < -0.3 is 15.5 Å². The van der Waals surface area contributed by atoms with Gasteiger partial charge in [-0.3, -0.25) is 23.2 Å². The van der Waals surface area contributed by atoms with Gasteiger partial charge in [-0.15, -0.1) is 0 Å². The van der Waals surface area contributed by atoms with Crippen molar-refractivity contribution >= 4 is 40.4 Å². The predicted octanol–water partition coefficient (Wildman–Crippen LogP) is 1.56. The van der Waals surface area contributed by atoms with Crippen molar-refractivity contribution in [3.8, 4) is 6.07 Å². The van der Waals surface area contributed by atoms with E-state index < -0.39 is 41.6 Å². The Labute approximate surface area is 205 Å². The van der Waals surface area contributed by atoms with Crippen molar-refractivity contribution in [1.82, 2.24) is 10.2 Å². The summed E-state index contributed by atoms with van der Waals surface area (Å²) in [5, 5.41) is 14.4. The van der Waals surface area contributed by atoms with E-state index in [1.165, 1.54) is 0 Å². The fourth-order valence-electron chi connectivity index (χ4n) is 4.37. The average Bonchev–Trinajstić information content (AvgIpc) is 3.39. The molecule has 3 amide bonds. The summed E-state index contributed by atoms with van der Waals surface area (Å²) >= 11 is -2.55. The van der Waals surface area contributed by atoms with Crippen LogP contribution in [0.25, 0.3) is 0 Å². The minimum absolute atomic E-state index is 0.210. The number of likely N-dealkylation sites (tertiary alicyclic amines) is 1. The van der Waals surface area contributed by atoms with Crippen LogP contribution in [0, 0.1) is 11.3 Å². The van der Waals surface area contributed by atoms with E-state index in [4.69, 9.17) is 5.26 Å². The standard InChI is InChI=1S/C24H25N5O5S/c25-15-17-9-7-16(8-10-17)13-19(24(32)28-11-3-4-12-28)26-22(30)14-21-23(31)27-18-5-1-2-6-20(18)29(21)35(33)34/h1-2,5-10,19,21H,3-4,11-14H2,(H,26,30)(H,27,31)(H,33,34). The maximum absolute atomic E-state index is 13.2. The number of rotatable bonds is 7. The summed E-state index contributed by atoms with van der Waals surface area (Å²) in [6.07, 6.45) is 1.58. The summed E-state index contributed by atoms with van der Waals surface area (Å²) in [5.41, 5.74) is 1.96. The van der Waals surface area contributed by atoms with E-state index in [0.29, 0.717) is 30.0 Å². The minimum atomic E-state index is -2.55. The molecule has 3 atom stereocenters. The van der Waals surface area contributed by atoms with Crippen LogP contribution in [-0.4, -0.2) is 56.6 Å². The largest absolute Gasteiger partial charge is 0.344 e. The molecule has 182 valence electrons. The summed E-state index contributed by atoms with van der Waals surface area (Å²) in [7, 11) is 0. The van der Waals surface area contributed by atoms with Crippen LogP contribution in [0.4, 0.5) is 11.4 Å². The molecular weight excluding hydrogens is 470 g/mol. The van der Waals surface area contributed by atoms with Gasteiger partial charge in [0.2, 0.25) is 17.7 Å². The Morgan fingerprint density at radius 3 is 2.51 bits per heavy atom. The maximum Gasteiger partial charge on any atom is 0.262 e. The fraction of sp³-hybridized carbons (Fsp3) is 0.333. The third kappa shape index (κ3) is 5.50.